The van der Waals surface area contributed by atoms with E-state index in [0.717, 1.165) is 45.4 Å². The summed E-state index contributed by atoms with van der Waals surface area (Å²) < 4.78 is 13.7. The van der Waals surface area contributed by atoms with E-state index in [9.17, 15) is 0 Å². The molecule has 43 heavy (non-hydrogen) atoms. The molecule has 0 spiro atoms. The summed E-state index contributed by atoms with van der Waals surface area (Å²) in [5.74, 6) is 3.41. The maximum Gasteiger partial charge on any atom is 0.179 e. The summed E-state index contributed by atoms with van der Waals surface area (Å²) >= 11 is 0. The van der Waals surface area contributed by atoms with Crippen LogP contribution in [-0.2, 0) is 0 Å². The van der Waals surface area contributed by atoms with Gasteiger partial charge in [-0.1, -0.05) is 48.5 Å². The van der Waals surface area contributed by atoms with Gasteiger partial charge in [-0.05, 0) is 74.4 Å². The molecule has 0 saturated heterocycles. The number of hydrogen-bond acceptors (Lipinski definition) is 7. The Bertz CT molecular complexity index is 1920. The summed E-state index contributed by atoms with van der Waals surface area (Å²) in [5.41, 5.74) is 8.89. The first-order valence-corrected chi connectivity index (χ1v) is 14.2. The maximum atomic E-state index is 6.02. The molecule has 4 aromatic carbocycles. The van der Waals surface area contributed by atoms with E-state index in [4.69, 9.17) is 24.6 Å². The zero-order valence-electron chi connectivity index (χ0n) is 24.8. The van der Waals surface area contributed by atoms with Crippen molar-refractivity contribution in [2.45, 2.75) is 26.8 Å². The first kappa shape index (κ1) is 26.5. The van der Waals surface area contributed by atoms with Crippen LogP contribution in [0.25, 0.3) is 5.69 Å². The molecule has 3 heterocycles. The summed E-state index contributed by atoms with van der Waals surface area (Å²) in [6.07, 6.45) is 0. The molecule has 1 N–H and O–H groups in total. The van der Waals surface area contributed by atoms with Crippen molar-refractivity contribution in [1.82, 2.24) is 9.78 Å². The molecule has 0 bridgehead atoms. The van der Waals surface area contributed by atoms with Crippen LogP contribution >= 0.6 is 0 Å². The van der Waals surface area contributed by atoms with E-state index in [1.54, 1.807) is 14.2 Å². The highest BCUT2D eigenvalue weighted by molar-refractivity contribution is 6.51. The fourth-order valence-corrected chi connectivity index (χ4v) is 5.92. The highest BCUT2D eigenvalue weighted by atomic mass is 16.5. The first-order valence-electron chi connectivity index (χ1n) is 14.2. The second kappa shape index (κ2) is 10.5. The number of nitrogens with zero attached hydrogens (tertiary/aromatic N) is 5. The number of benzene rings is 4. The standard InChI is InChI=1S/C35H32N6O2/c1-21-18-19-24(20-22(21)2)36-33-35-38-34-30(23(3)39-41(34)25-12-7-6-8-13-25)31(26-14-11-17-29(42-4)32(26)43-5)40(35)28-16-10-9-15-27(28)37-33/h6-20,31H,1-5H3,(H,36,37). The molecular weight excluding hydrogens is 536 g/mol. The van der Waals surface area contributed by atoms with Gasteiger partial charge in [0.25, 0.3) is 0 Å². The molecule has 7 rings (SSSR count). The number of aliphatic imine (C=N–C) groups is 2. The lowest BCUT2D eigenvalue weighted by Crippen LogP contribution is -2.46. The van der Waals surface area contributed by atoms with Crippen molar-refractivity contribution in [2.24, 2.45) is 9.98 Å². The second-order valence-corrected chi connectivity index (χ2v) is 10.7. The molecule has 1 aromatic heterocycles. The smallest absolute Gasteiger partial charge is 0.179 e. The lowest BCUT2D eigenvalue weighted by atomic mass is 9.92. The Morgan fingerprint density at radius 2 is 1.56 bits per heavy atom. The van der Waals surface area contributed by atoms with Gasteiger partial charge in [0.1, 0.15) is 0 Å². The van der Waals surface area contributed by atoms with Gasteiger partial charge in [-0.15, -0.1) is 0 Å². The molecule has 2 aliphatic heterocycles. The third-order valence-corrected chi connectivity index (χ3v) is 8.14. The summed E-state index contributed by atoms with van der Waals surface area (Å²) in [6, 6.07) is 30.2. The minimum Gasteiger partial charge on any atom is -0.493 e. The van der Waals surface area contributed by atoms with Crippen LogP contribution in [0.1, 0.15) is 34.0 Å². The van der Waals surface area contributed by atoms with Gasteiger partial charge in [0.05, 0.1) is 43.0 Å². The predicted molar refractivity (Wildman–Crippen MR) is 172 cm³/mol. The Hall–Kier alpha value is -5.37. The zero-order valence-corrected chi connectivity index (χ0v) is 24.8. The van der Waals surface area contributed by atoms with Gasteiger partial charge in [-0.25, -0.2) is 14.7 Å². The zero-order chi connectivity index (χ0) is 29.7. The number of fused-ring (bicyclic) bond motifs is 4. The lowest BCUT2D eigenvalue weighted by Gasteiger charge is -2.41. The third-order valence-electron chi connectivity index (χ3n) is 8.14. The van der Waals surface area contributed by atoms with E-state index >= 15 is 0 Å². The average molecular weight is 569 g/mol. The summed E-state index contributed by atoms with van der Waals surface area (Å²) in [5, 5.41) is 8.63. The number of amidine groups is 2. The molecule has 8 nitrogen and oxygen atoms in total. The van der Waals surface area contributed by atoms with Crippen LogP contribution in [0.15, 0.2) is 101 Å². The van der Waals surface area contributed by atoms with Crippen LogP contribution in [0.4, 0.5) is 22.9 Å². The van der Waals surface area contributed by atoms with E-state index in [2.05, 4.69) is 54.4 Å². The first-order chi connectivity index (χ1) is 21.0. The summed E-state index contributed by atoms with van der Waals surface area (Å²) in [4.78, 5) is 12.7. The van der Waals surface area contributed by atoms with Crippen molar-refractivity contribution >= 4 is 34.6 Å². The van der Waals surface area contributed by atoms with Crippen molar-refractivity contribution in [1.29, 1.82) is 0 Å². The normalized spacial score (nSPS) is 15.1. The Morgan fingerprint density at radius 1 is 0.767 bits per heavy atom. The van der Waals surface area contributed by atoms with Crippen molar-refractivity contribution in [3.05, 3.63) is 119 Å². The number of aromatic nitrogens is 2. The molecule has 0 saturated carbocycles. The molecule has 0 aliphatic carbocycles. The van der Waals surface area contributed by atoms with Crippen molar-refractivity contribution in [3.63, 3.8) is 0 Å². The monoisotopic (exact) mass is 568 g/mol. The number of ether oxygens (including phenoxy) is 2. The molecule has 0 amide bonds. The Labute approximate surface area is 251 Å². The van der Waals surface area contributed by atoms with E-state index in [0.29, 0.717) is 23.2 Å². The fourth-order valence-electron chi connectivity index (χ4n) is 5.92. The molecule has 0 fully saturated rings. The van der Waals surface area contributed by atoms with Crippen molar-refractivity contribution in [2.75, 3.05) is 24.4 Å². The fraction of sp³-hybridized carbons (Fsp3) is 0.171. The highest BCUT2D eigenvalue weighted by Gasteiger charge is 2.43. The van der Waals surface area contributed by atoms with Gasteiger partial charge in [0.15, 0.2) is 29.0 Å². The second-order valence-electron chi connectivity index (χ2n) is 10.7. The molecular formula is C35H32N6O2. The molecule has 8 heteroatoms. The number of para-hydroxylation sites is 4. The molecule has 1 atom stereocenters. The maximum absolute atomic E-state index is 6.02. The lowest BCUT2D eigenvalue weighted by molar-refractivity contribution is 0.350. The van der Waals surface area contributed by atoms with Crippen LogP contribution in [0, 0.1) is 20.8 Å². The van der Waals surface area contributed by atoms with E-state index in [1.807, 2.05) is 72.3 Å². The number of methoxy groups -OCH3 is 2. The van der Waals surface area contributed by atoms with Gasteiger partial charge < -0.3 is 19.7 Å². The van der Waals surface area contributed by atoms with Crippen molar-refractivity contribution in [3.8, 4) is 17.2 Å². The molecule has 5 aromatic rings. The van der Waals surface area contributed by atoms with Crippen molar-refractivity contribution < 1.29 is 9.47 Å². The van der Waals surface area contributed by atoms with E-state index < -0.39 is 0 Å². The largest absolute Gasteiger partial charge is 0.493 e. The molecule has 0 radical (unpaired) electrons. The average Bonchev–Trinajstić information content (AvgIpc) is 3.37. The van der Waals surface area contributed by atoms with Crippen LogP contribution in [0.3, 0.4) is 0 Å². The minimum absolute atomic E-state index is 0.335. The molecule has 2 aliphatic rings. The van der Waals surface area contributed by atoms with Gasteiger partial charge in [0, 0.05) is 16.8 Å². The number of nitrogens with one attached hydrogen (secondary N) is 1. The minimum atomic E-state index is -0.335. The SMILES string of the molecule is COc1cccc(C2c3c(C)nn(-c4ccccc4)c3N=C3C(Nc4ccc(C)c(C)c4)=Nc4ccccc4N32)c1OC. The van der Waals surface area contributed by atoms with Gasteiger partial charge >= 0.3 is 0 Å². The molecule has 1 unspecified atom stereocenters. The number of rotatable bonds is 5. The number of anilines is 2. The van der Waals surface area contributed by atoms with Crippen LogP contribution in [-0.4, -0.2) is 35.7 Å². The van der Waals surface area contributed by atoms with Crippen LogP contribution < -0.4 is 19.7 Å². The topological polar surface area (TPSA) is 76.3 Å². The Kier molecular flexibility index (Phi) is 6.46. The van der Waals surface area contributed by atoms with Crippen LogP contribution in [0.2, 0.25) is 0 Å². The van der Waals surface area contributed by atoms with Gasteiger partial charge in [-0.2, -0.15) is 5.10 Å². The summed E-state index contributed by atoms with van der Waals surface area (Å²) in [6.45, 7) is 6.26. The van der Waals surface area contributed by atoms with Crippen LogP contribution in [0.5, 0.6) is 11.5 Å². The summed E-state index contributed by atoms with van der Waals surface area (Å²) in [7, 11) is 3.34. The molecule has 214 valence electrons. The third kappa shape index (κ3) is 4.34. The predicted octanol–water partition coefficient (Wildman–Crippen LogP) is 7.61. The van der Waals surface area contributed by atoms with Gasteiger partial charge in [0.2, 0.25) is 0 Å². The number of aryl methyl sites for hydroxylation is 3. The number of hydrogen-bond donors (Lipinski definition) is 1. The Balaban J connectivity index is 1.52. The van der Waals surface area contributed by atoms with E-state index in [-0.39, 0.29) is 6.04 Å². The van der Waals surface area contributed by atoms with E-state index in [1.165, 1.54) is 11.1 Å². The quantitative estimate of drug-likeness (QED) is 0.236. The van der Waals surface area contributed by atoms with Gasteiger partial charge in [-0.3, -0.25) is 0 Å². The Morgan fingerprint density at radius 3 is 2.33 bits per heavy atom. The highest BCUT2D eigenvalue weighted by Crippen LogP contribution is 2.51.